The largest absolute Gasteiger partial charge is 0.462 e. The first-order valence-corrected chi connectivity index (χ1v) is 13.8. The minimum atomic E-state index is -1.27. The molecule has 1 spiro atoms. The van der Waals surface area contributed by atoms with Gasteiger partial charge in [-0.3, -0.25) is 9.69 Å². The monoisotopic (exact) mass is 495 g/mol. The molecule has 11 atom stereocenters. The van der Waals surface area contributed by atoms with Crippen molar-refractivity contribution in [2.24, 2.45) is 34.5 Å². The maximum atomic E-state index is 13.5. The summed E-state index contributed by atoms with van der Waals surface area (Å²) >= 11 is 0. The number of rotatable bonds is 4. The number of methoxy groups -OCH3 is 1. The molecule has 1 aromatic rings. The summed E-state index contributed by atoms with van der Waals surface area (Å²) in [6, 6.07) is 9.13. The second-order valence-electron chi connectivity index (χ2n) is 12.6. The van der Waals surface area contributed by atoms with E-state index >= 15 is 0 Å². The van der Waals surface area contributed by atoms with Crippen molar-refractivity contribution in [1.29, 1.82) is 0 Å². The highest BCUT2D eigenvalue weighted by molar-refractivity contribution is 5.89. The van der Waals surface area contributed by atoms with E-state index in [4.69, 9.17) is 14.2 Å². The van der Waals surface area contributed by atoms with Gasteiger partial charge in [-0.05, 0) is 62.1 Å². The average Bonchev–Trinajstić information content (AvgIpc) is 2.92. The highest BCUT2D eigenvalue weighted by Crippen LogP contribution is 2.77. The van der Waals surface area contributed by atoms with Crippen molar-refractivity contribution in [2.75, 3.05) is 20.2 Å². The Labute approximate surface area is 212 Å². The van der Waals surface area contributed by atoms with Gasteiger partial charge in [0, 0.05) is 36.9 Å². The van der Waals surface area contributed by atoms with Crippen LogP contribution in [0.4, 0.5) is 0 Å². The van der Waals surface area contributed by atoms with Crippen molar-refractivity contribution in [3.8, 4) is 0 Å². The van der Waals surface area contributed by atoms with Crippen LogP contribution in [0.2, 0.25) is 0 Å². The summed E-state index contributed by atoms with van der Waals surface area (Å²) in [5.74, 6) is -1.62. The third-order valence-corrected chi connectivity index (χ3v) is 11.3. The lowest BCUT2D eigenvalue weighted by Crippen LogP contribution is -2.76. The van der Waals surface area contributed by atoms with Crippen LogP contribution in [-0.4, -0.2) is 72.1 Å². The van der Waals surface area contributed by atoms with Gasteiger partial charge in [-0.1, -0.05) is 32.0 Å². The number of carbonyl (C=O) groups is 2. The van der Waals surface area contributed by atoms with E-state index in [9.17, 15) is 14.7 Å². The third kappa shape index (κ3) is 2.60. The quantitative estimate of drug-likeness (QED) is 0.643. The van der Waals surface area contributed by atoms with Crippen LogP contribution >= 0.6 is 0 Å². The maximum Gasteiger partial charge on any atom is 0.338 e. The fourth-order valence-corrected chi connectivity index (χ4v) is 10.5. The van der Waals surface area contributed by atoms with Gasteiger partial charge in [0.2, 0.25) is 0 Å². The minimum Gasteiger partial charge on any atom is -0.462 e. The van der Waals surface area contributed by atoms with Crippen molar-refractivity contribution in [3.63, 3.8) is 0 Å². The lowest BCUT2D eigenvalue weighted by molar-refractivity contribution is -0.269. The van der Waals surface area contributed by atoms with E-state index in [1.54, 1.807) is 19.2 Å². The molecule has 0 aromatic heterocycles. The Balaban J connectivity index is 1.46. The molecule has 4 aliphatic carbocycles. The summed E-state index contributed by atoms with van der Waals surface area (Å²) in [6.45, 7) is 6.29. The molecule has 7 aliphatic rings. The summed E-state index contributed by atoms with van der Waals surface area (Å²) in [5, 5.41) is 12.6. The molecule has 7 heteroatoms. The van der Waals surface area contributed by atoms with Gasteiger partial charge in [0.05, 0.1) is 23.2 Å². The fraction of sp³-hybridized carbons (Fsp3) is 0.724. The first-order chi connectivity index (χ1) is 17.3. The van der Waals surface area contributed by atoms with Crippen molar-refractivity contribution in [1.82, 2.24) is 4.90 Å². The van der Waals surface area contributed by atoms with Crippen molar-refractivity contribution in [2.45, 2.75) is 75.9 Å². The molecule has 0 amide bonds. The van der Waals surface area contributed by atoms with E-state index < -0.39 is 17.6 Å². The Morgan fingerprint density at radius 3 is 2.72 bits per heavy atom. The number of hydrogen-bond donors (Lipinski definition) is 1. The molecular weight excluding hydrogens is 458 g/mol. The number of hydrogen-bond acceptors (Lipinski definition) is 7. The van der Waals surface area contributed by atoms with Crippen molar-refractivity contribution < 1.29 is 28.9 Å². The number of aliphatic hydroxyl groups is 1. The number of fused-ring (bicyclic) bond motifs is 2. The van der Waals surface area contributed by atoms with E-state index in [0.29, 0.717) is 18.4 Å². The molecule has 0 radical (unpaired) electrons. The molecule has 1 aromatic carbocycles. The number of carbonyl (C=O) groups excluding carboxylic acids is 2. The Hall–Kier alpha value is -1.96. The normalized spacial score (nSPS) is 50.4. The van der Waals surface area contributed by atoms with Crippen LogP contribution in [-0.2, 0) is 19.0 Å². The predicted molar refractivity (Wildman–Crippen MR) is 130 cm³/mol. The predicted octanol–water partition coefficient (Wildman–Crippen LogP) is 3.05. The van der Waals surface area contributed by atoms with E-state index in [1.807, 2.05) is 18.2 Å². The fourth-order valence-electron chi connectivity index (χ4n) is 10.5. The Bertz CT molecular complexity index is 1090. The molecule has 3 aliphatic heterocycles. The molecule has 3 saturated heterocycles. The molecule has 9 bridgehead atoms. The van der Waals surface area contributed by atoms with Crippen LogP contribution < -0.4 is 0 Å². The average molecular weight is 496 g/mol. The van der Waals surface area contributed by atoms with Crippen LogP contribution in [0.3, 0.4) is 0 Å². The second-order valence-corrected chi connectivity index (χ2v) is 12.6. The molecule has 7 fully saturated rings. The maximum absolute atomic E-state index is 13.5. The zero-order chi connectivity index (χ0) is 25.0. The highest BCUT2D eigenvalue weighted by atomic mass is 16.6. The van der Waals surface area contributed by atoms with Crippen LogP contribution in [0.25, 0.3) is 0 Å². The number of nitrogens with zero attached hydrogens (tertiary/aromatic N) is 1. The van der Waals surface area contributed by atoms with Crippen LogP contribution in [0.5, 0.6) is 0 Å². The molecule has 7 unspecified atom stereocenters. The van der Waals surface area contributed by atoms with E-state index in [0.717, 1.165) is 32.4 Å². The highest BCUT2D eigenvalue weighted by Gasteiger charge is 2.85. The lowest BCUT2D eigenvalue weighted by atomic mass is 9.42. The summed E-state index contributed by atoms with van der Waals surface area (Å²) < 4.78 is 18.7. The van der Waals surface area contributed by atoms with Gasteiger partial charge in [-0.15, -0.1) is 0 Å². The van der Waals surface area contributed by atoms with Crippen LogP contribution in [0.1, 0.15) is 56.3 Å². The third-order valence-electron chi connectivity index (χ3n) is 11.3. The Morgan fingerprint density at radius 1 is 1.22 bits per heavy atom. The van der Waals surface area contributed by atoms with Gasteiger partial charge < -0.3 is 19.3 Å². The van der Waals surface area contributed by atoms with E-state index in [2.05, 4.69) is 18.7 Å². The SMILES string of the molecule is CCN1C[C@]2(C)CCC(OC)C34C5C[C@@H]6CC[C@@](O)(C5C(=O)O6)C(C(OC(=O)c5ccccc5)[C@@H]32)C14. The Morgan fingerprint density at radius 2 is 2.00 bits per heavy atom. The second kappa shape index (κ2) is 7.55. The van der Waals surface area contributed by atoms with Gasteiger partial charge in [0.25, 0.3) is 0 Å². The first-order valence-electron chi connectivity index (χ1n) is 13.8. The molecular formula is C29H37NO6. The molecule has 3 heterocycles. The van der Waals surface area contributed by atoms with Gasteiger partial charge >= 0.3 is 11.9 Å². The number of benzene rings is 1. The number of piperidine rings is 1. The molecule has 194 valence electrons. The topological polar surface area (TPSA) is 85.3 Å². The molecule has 1 N–H and O–H groups in total. The first kappa shape index (κ1) is 23.2. The number of ether oxygens (including phenoxy) is 3. The Kier molecular flexibility index (Phi) is 4.86. The van der Waals surface area contributed by atoms with Crippen LogP contribution in [0, 0.1) is 34.5 Å². The summed E-state index contributed by atoms with van der Waals surface area (Å²) in [6.07, 6.45) is 3.10. The van der Waals surface area contributed by atoms with Crippen LogP contribution in [0.15, 0.2) is 30.3 Å². The van der Waals surface area contributed by atoms with Gasteiger partial charge in [-0.2, -0.15) is 0 Å². The van der Waals surface area contributed by atoms with Gasteiger partial charge in [-0.25, -0.2) is 4.79 Å². The van der Waals surface area contributed by atoms with E-state index in [1.165, 1.54) is 0 Å². The zero-order valence-electron chi connectivity index (χ0n) is 21.4. The number of likely N-dealkylation sites (tertiary alicyclic amines) is 1. The number of esters is 2. The summed E-state index contributed by atoms with van der Waals surface area (Å²) in [5.41, 5.74) is -1.23. The standard InChI is InChI=1S/C29H37NO6/c1-4-30-15-27(2)12-11-19(34-3)29-18-14-17-10-13-28(33,20(18)26(32)35-17)21(24(29)30)22(23(27)29)36-25(31)16-8-6-5-7-9-16/h5-9,17-24,33H,4,10-15H2,1-3H3/t17-,18?,19?,20?,21?,22?,23+,24?,27-,28+,29?/m0/s1. The smallest absolute Gasteiger partial charge is 0.338 e. The van der Waals surface area contributed by atoms with Gasteiger partial charge in [0.1, 0.15) is 12.2 Å². The van der Waals surface area contributed by atoms with E-state index in [-0.39, 0.29) is 58.8 Å². The lowest BCUT2D eigenvalue weighted by Gasteiger charge is -2.69. The van der Waals surface area contributed by atoms with Gasteiger partial charge in [0.15, 0.2) is 0 Å². The molecule has 4 saturated carbocycles. The van der Waals surface area contributed by atoms with Crippen molar-refractivity contribution >= 4 is 11.9 Å². The minimum absolute atomic E-state index is 0.00435. The zero-order valence-corrected chi connectivity index (χ0v) is 21.4. The summed E-state index contributed by atoms with van der Waals surface area (Å²) in [4.78, 5) is 29.6. The molecule has 7 nitrogen and oxygen atoms in total. The summed E-state index contributed by atoms with van der Waals surface area (Å²) in [7, 11) is 1.79. The molecule has 8 rings (SSSR count). The van der Waals surface area contributed by atoms with Crippen molar-refractivity contribution in [3.05, 3.63) is 35.9 Å². The molecule has 36 heavy (non-hydrogen) atoms.